The third-order valence-electron chi connectivity index (χ3n) is 4.43. The molecule has 0 aliphatic carbocycles. The first-order valence-electron chi connectivity index (χ1n) is 7.66. The van der Waals surface area contributed by atoms with E-state index in [9.17, 15) is 4.79 Å². The standard InChI is InChI=1S/C16H25N3O2/c1-4-16(5-2)9-12(6-7-21-16)19-15(20)13-10-18-11(3)8-14(13)17/h8,10,12H,4-7,9H2,1-3H3,(H2,17,18)(H,19,20). The molecule has 1 fully saturated rings. The zero-order valence-corrected chi connectivity index (χ0v) is 13.1. The molecular formula is C16H25N3O2. The number of nitrogens with one attached hydrogen (secondary N) is 1. The molecule has 1 unspecified atom stereocenters. The Labute approximate surface area is 126 Å². The van der Waals surface area contributed by atoms with Crippen LogP contribution in [0.1, 0.15) is 55.6 Å². The molecule has 1 amide bonds. The molecule has 5 nitrogen and oxygen atoms in total. The molecule has 1 aromatic heterocycles. The molecule has 3 N–H and O–H groups in total. The Morgan fingerprint density at radius 2 is 2.24 bits per heavy atom. The predicted molar refractivity (Wildman–Crippen MR) is 83.1 cm³/mol. The number of ether oxygens (including phenoxy) is 1. The van der Waals surface area contributed by atoms with Gasteiger partial charge in [-0.3, -0.25) is 9.78 Å². The van der Waals surface area contributed by atoms with E-state index >= 15 is 0 Å². The number of nitrogen functional groups attached to an aromatic ring is 1. The number of carbonyl (C=O) groups excluding carboxylic acids is 1. The minimum absolute atomic E-state index is 0.104. The van der Waals surface area contributed by atoms with Gasteiger partial charge < -0.3 is 15.8 Å². The highest BCUT2D eigenvalue weighted by atomic mass is 16.5. The van der Waals surface area contributed by atoms with Crippen molar-refractivity contribution in [1.29, 1.82) is 0 Å². The van der Waals surface area contributed by atoms with Crippen molar-refractivity contribution in [2.75, 3.05) is 12.3 Å². The van der Waals surface area contributed by atoms with Gasteiger partial charge in [0.15, 0.2) is 0 Å². The van der Waals surface area contributed by atoms with E-state index in [0.717, 1.165) is 31.4 Å². The molecule has 0 spiro atoms. The summed E-state index contributed by atoms with van der Waals surface area (Å²) in [7, 11) is 0. The van der Waals surface area contributed by atoms with Gasteiger partial charge in [-0.05, 0) is 38.7 Å². The monoisotopic (exact) mass is 291 g/mol. The van der Waals surface area contributed by atoms with Gasteiger partial charge in [0.2, 0.25) is 0 Å². The molecule has 0 radical (unpaired) electrons. The molecule has 0 aromatic carbocycles. The zero-order valence-electron chi connectivity index (χ0n) is 13.1. The molecule has 5 heteroatoms. The highest BCUT2D eigenvalue weighted by Crippen LogP contribution is 2.31. The van der Waals surface area contributed by atoms with E-state index < -0.39 is 0 Å². The van der Waals surface area contributed by atoms with Gasteiger partial charge in [-0.25, -0.2) is 0 Å². The Hall–Kier alpha value is -1.62. The zero-order chi connectivity index (χ0) is 15.5. The summed E-state index contributed by atoms with van der Waals surface area (Å²) in [6.07, 6.45) is 5.16. The summed E-state index contributed by atoms with van der Waals surface area (Å²) >= 11 is 0. The fraction of sp³-hybridized carbons (Fsp3) is 0.625. The number of pyridine rings is 1. The largest absolute Gasteiger partial charge is 0.398 e. The molecule has 0 bridgehead atoms. The molecule has 116 valence electrons. The van der Waals surface area contributed by atoms with Crippen molar-refractivity contribution >= 4 is 11.6 Å². The summed E-state index contributed by atoms with van der Waals surface area (Å²) < 4.78 is 5.93. The van der Waals surface area contributed by atoms with E-state index in [2.05, 4.69) is 24.1 Å². The van der Waals surface area contributed by atoms with Gasteiger partial charge in [0.25, 0.3) is 5.91 Å². The van der Waals surface area contributed by atoms with Crippen LogP contribution >= 0.6 is 0 Å². The van der Waals surface area contributed by atoms with E-state index in [4.69, 9.17) is 10.5 Å². The SMILES string of the molecule is CCC1(CC)CC(NC(=O)c2cnc(C)cc2N)CCO1. The number of nitrogens with zero attached hydrogens (tertiary/aromatic N) is 1. The van der Waals surface area contributed by atoms with Crippen LogP contribution in [0.2, 0.25) is 0 Å². The van der Waals surface area contributed by atoms with Crippen molar-refractivity contribution in [3.63, 3.8) is 0 Å². The van der Waals surface area contributed by atoms with Gasteiger partial charge >= 0.3 is 0 Å². The van der Waals surface area contributed by atoms with Crippen LogP contribution in [-0.4, -0.2) is 29.1 Å². The molecular weight excluding hydrogens is 266 g/mol. The molecule has 21 heavy (non-hydrogen) atoms. The summed E-state index contributed by atoms with van der Waals surface area (Å²) in [6.45, 7) is 6.81. The fourth-order valence-electron chi connectivity index (χ4n) is 2.93. The molecule has 1 aromatic rings. The lowest BCUT2D eigenvalue weighted by Gasteiger charge is -2.40. The third kappa shape index (κ3) is 3.53. The minimum atomic E-state index is -0.145. The summed E-state index contributed by atoms with van der Waals surface area (Å²) in [6, 6.07) is 1.85. The van der Waals surface area contributed by atoms with Crippen LogP contribution in [-0.2, 0) is 4.74 Å². The molecule has 0 saturated carbocycles. The summed E-state index contributed by atoms with van der Waals surface area (Å²) in [5, 5.41) is 3.08. The summed E-state index contributed by atoms with van der Waals surface area (Å²) in [4.78, 5) is 16.5. The van der Waals surface area contributed by atoms with Crippen molar-refractivity contribution in [1.82, 2.24) is 10.3 Å². The van der Waals surface area contributed by atoms with E-state index in [0.29, 0.717) is 17.9 Å². The lowest BCUT2D eigenvalue weighted by atomic mass is 9.86. The van der Waals surface area contributed by atoms with Crippen LogP contribution in [0.5, 0.6) is 0 Å². The van der Waals surface area contributed by atoms with Gasteiger partial charge in [0.1, 0.15) is 0 Å². The average molecular weight is 291 g/mol. The Morgan fingerprint density at radius 1 is 1.52 bits per heavy atom. The van der Waals surface area contributed by atoms with Crippen molar-refractivity contribution in [2.45, 2.75) is 58.1 Å². The number of aromatic nitrogens is 1. The number of amides is 1. The second-order valence-corrected chi connectivity index (χ2v) is 5.81. The summed E-state index contributed by atoms with van der Waals surface area (Å²) in [5.41, 5.74) is 7.54. The lowest BCUT2D eigenvalue weighted by Crippen LogP contribution is -2.48. The van der Waals surface area contributed by atoms with Gasteiger partial charge in [0, 0.05) is 30.2 Å². The maximum absolute atomic E-state index is 12.4. The topological polar surface area (TPSA) is 77.2 Å². The van der Waals surface area contributed by atoms with Crippen molar-refractivity contribution in [2.24, 2.45) is 0 Å². The van der Waals surface area contributed by atoms with Crippen molar-refractivity contribution in [3.05, 3.63) is 23.5 Å². The van der Waals surface area contributed by atoms with E-state index in [1.807, 2.05) is 6.92 Å². The summed E-state index contributed by atoms with van der Waals surface area (Å²) in [5.74, 6) is -0.145. The first-order chi connectivity index (χ1) is 9.99. The van der Waals surface area contributed by atoms with E-state index in [1.165, 1.54) is 0 Å². The maximum Gasteiger partial charge on any atom is 0.255 e. The van der Waals surface area contributed by atoms with Gasteiger partial charge in [0.05, 0.1) is 11.2 Å². The number of rotatable bonds is 4. The molecule has 1 aliphatic heterocycles. The number of hydrogen-bond acceptors (Lipinski definition) is 4. The van der Waals surface area contributed by atoms with Crippen LogP contribution in [0, 0.1) is 6.92 Å². The second kappa shape index (κ2) is 6.43. The first-order valence-corrected chi connectivity index (χ1v) is 7.66. The Bertz CT molecular complexity index is 512. The number of nitrogens with two attached hydrogens (primary N) is 1. The van der Waals surface area contributed by atoms with Gasteiger partial charge in [-0.1, -0.05) is 13.8 Å². The molecule has 1 aliphatic rings. The quantitative estimate of drug-likeness (QED) is 0.893. The average Bonchev–Trinajstić information content (AvgIpc) is 2.47. The number of anilines is 1. The van der Waals surface area contributed by atoms with Crippen LogP contribution in [0.3, 0.4) is 0 Å². The van der Waals surface area contributed by atoms with Crippen LogP contribution in [0.25, 0.3) is 0 Å². The number of hydrogen-bond donors (Lipinski definition) is 2. The minimum Gasteiger partial charge on any atom is -0.398 e. The van der Waals surface area contributed by atoms with Gasteiger partial charge in [-0.15, -0.1) is 0 Å². The fourth-order valence-corrected chi connectivity index (χ4v) is 2.93. The lowest BCUT2D eigenvalue weighted by molar-refractivity contribution is -0.0917. The molecule has 2 heterocycles. The van der Waals surface area contributed by atoms with Crippen LogP contribution in [0.4, 0.5) is 5.69 Å². The predicted octanol–water partition coefficient (Wildman–Crippen LogP) is 2.44. The number of aryl methyl sites for hydroxylation is 1. The highest BCUT2D eigenvalue weighted by molar-refractivity contribution is 5.99. The molecule has 2 rings (SSSR count). The number of carbonyl (C=O) groups is 1. The Balaban J connectivity index is 2.05. The molecule has 1 atom stereocenters. The second-order valence-electron chi connectivity index (χ2n) is 5.81. The van der Waals surface area contributed by atoms with Crippen molar-refractivity contribution in [3.8, 4) is 0 Å². The smallest absolute Gasteiger partial charge is 0.255 e. The molecule has 1 saturated heterocycles. The van der Waals surface area contributed by atoms with E-state index in [1.54, 1.807) is 12.3 Å². The Kier molecular flexibility index (Phi) is 4.83. The third-order valence-corrected chi connectivity index (χ3v) is 4.43. The first kappa shape index (κ1) is 15.8. The Morgan fingerprint density at radius 3 is 2.86 bits per heavy atom. The van der Waals surface area contributed by atoms with Crippen LogP contribution < -0.4 is 11.1 Å². The normalized spacial score (nSPS) is 21.0. The van der Waals surface area contributed by atoms with E-state index in [-0.39, 0.29) is 17.6 Å². The van der Waals surface area contributed by atoms with Crippen molar-refractivity contribution < 1.29 is 9.53 Å². The highest BCUT2D eigenvalue weighted by Gasteiger charge is 2.35. The maximum atomic E-state index is 12.4. The van der Waals surface area contributed by atoms with Gasteiger partial charge in [-0.2, -0.15) is 0 Å². The van der Waals surface area contributed by atoms with Crippen LogP contribution in [0.15, 0.2) is 12.3 Å².